The molecule has 2 unspecified atom stereocenters. The van der Waals surface area contributed by atoms with Crippen LogP contribution in [0.4, 0.5) is 0 Å². The normalized spacial score (nSPS) is 29.4. The van der Waals surface area contributed by atoms with Gasteiger partial charge in [0.1, 0.15) is 0 Å². The van der Waals surface area contributed by atoms with E-state index in [-0.39, 0.29) is 24.3 Å². The van der Waals surface area contributed by atoms with E-state index < -0.39 is 11.9 Å². The molecule has 1 heterocycles. The molecule has 1 saturated carbocycles. The van der Waals surface area contributed by atoms with Crippen molar-refractivity contribution in [3.63, 3.8) is 0 Å². The van der Waals surface area contributed by atoms with Gasteiger partial charge in [0.25, 0.3) is 0 Å². The van der Waals surface area contributed by atoms with Gasteiger partial charge in [0.05, 0.1) is 17.4 Å². The minimum atomic E-state index is -0.800. The number of thioether (sulfide) groups is 1. The van der Waals surface area contributed by atoms with Crippen LogP contribution in [-0.4, -0.2) is 45.8 Å². The molecule has 5 nitrogen and oxygen atoms in total. The van der Waals surface area contributed by atoms with E-state index in [9.17, 15) is 19.5 Å². The lowest BCUT2D eigenvalue weighted by molar-refractivity contribution is -0.149. The summed E-state index contributed by atoms with van der Waals surface area (Å²) in [6.07, 6.45) is 3.36. The molecular formula is C12H17NO4S. The first-order valence-corrected chi connectivity index (χ1v) is 7.39. The number of nitrogens with zero attached hydrogens (tertiary/aromatic N) is 1. The van der Waals surface area contributed by atoms with Gasteiger partial charge >= 0.3 is 5.97 Å². The second kappa shape index (κ2) is 5.73. The smallest absolute Gasteiger partial charge is 0.306 e. The van der Waals surface area contributed by atoms with Crippen molar-refractivity contribution in [3.8, 4) is 0 Å². The zero-order valence-corrected chi connectivity index (χ0v) is 10.9. The summed E-state index contributed by atoms with van der Waals surface area (Å²) in [6, 6.07) is 0. The van der Waals surface area contributed by atoms with E-state index in [1.165, 1.54) is 16.7 Å². The quantitative estimate of drug-likeness (QED) is 0.774. The van der Waals surface area contributed by atoms with E-state index in [0.29, 0.717) is 17.9 Å². The van der Waals surface area contributed by atoms with Crippen molar-refractivity contribution in [2.24, 2.45) is 11.8 Å². The highest BCUT2D eigenvalue weighted by molar-refractivity contribution is 8.00. The van der Waals surface area contributed by atoms with Crippen LogP contribution in [0.1, 0.15) is 25.7 Å². The molecular weight excluding hydrogens is 254 g/mol. The van der Waals surface area contributed by atoms with E-state index in [0.717, 1.165) is 19.3 Å². The average molecular weight is 271 g/mol. The van der Waals surface area contributed by atoms with Crippen LogP contribution in [0, 0.1) is 11.8 Å². The fraction of sp³-hybridized carbons (Fsp3) is 0.750. The summed E-state index contributed by atoms with van der Waals surface area (Å²) in [6.45, 7) is 0.287. The summed E-state index contributed by atoms with van der Waals surface area (Å²) in [4.78, 5) is 35.8. The number of rotatable bonds is 3. The van der Waals surface area contributed by atoms with Crippen molar-refractivity contribution in [1.29, 1.82) is 0 Å². The van der Waals surface area contributed by atoms with Gasteiger partial charge in [0, 0.05) is 6.54 Å². The Morgan fingerprint density at radius 1 is 1.22 bits per heavy atom. The van der Waals surface area contributed by atoms with Crippen LogP contribution in [0.15, 0.2) is 0 Å². The molecule has 18 heavy (non-hydrogen) atoms. The molecule has 2 amide bonds. The Balaban J connectivity index is 2.03. The number of hydrogen-bond acceptors (Lipinski definition) is 4. The van der Waals surface area contributed by atoms with Gasteiger partial charge in [0.2, 0.25) is 11.8 Å². The SMILES string of the molecule is O=C(O)C1CCCCC1CN1C(=O)CSCC1=O. The standard InChI is InChI=1S/C12H17NO4S/c14-10-6-18-7-11(15)13(10)5-8-3-1-2-4-9(8)12(16)17/h8-9H,1-7H2,(H,16,17). The number of imide groups is 1. The zero-order valence-electron chi connectivity index (χ0n) is 10.1. The number of carboxylic acids is 1. The minimum Gasteiger partial charge on any atom is -0.481 e. The van der Waals surface area contributed by atoms with Crippen LogP contribution in [-0.2, 0) is 14.4 Å². The molecule has 0 radical (unpaired) electrons. The number of carbonyl (C=O) groups excluding carboxylic acids is 2. The Morgan fingerprint density at radius 3 is 2.44 bits per heavy atom. The molecule has 1 aliphatic carbocycles. The fourth-order valence-corrected chi connectivity index (χ4v) is 3.47. The van der Waals surface area contributed by atoms with Gasteiger partial charge in [-0.05, 0) is 18.8 Å². The Hall–Kier alpha value is -1.04. The Kier molecular flexibility index (Phi) is 4.27. The molecule has 0 aromatic carbocycles. The predicted molar refractivity (Wildman–Crippen MR) is 67.1 cm³/mol. The highest BCUT2D eigenvalue weighted by Crippen LogP contribution is 2.31. The topological polar surface area (TPSA) is 74.7 Å². The lowest BCUT2D eigenvalue weighted by atomic mass is 9.79. The third-order valence-electron chi connectivity index (χ3n) is 3.70. The molecule has 0 bridgehead atoms. The summed E-state index contributed by atoms with van der Waals surface area (Å²) in [5.41, 5.74) is 0. The van der Waals surface area contributed by atoms with E-state index >= 15 is 0 Å². The second-order valence-corrected chi connectivity index (χ2v) is 5.87. The summed E-state index contributed by atoms with van der Waals surface area (Å²) in [7, 11) is 0. The first-order chi connectivity index (χ1) is 8.59. The second-order valence-electron chi connectivity index (χ2n) is 4.88. The summed E-state index contributed by atoms with van der Waals surface area (Å²) < 4.78 is 0. The first-order valence-electron chi connectivity index (χ1n) is 6.23. The maximum absolute atomic E-state index is 11.7. The number of carboxylic acid groups (broad SMARTS) is 1. The van der Waals surface area contributed by atoms with Crippen molar-refractivity contribution < 1.29 is 19.5 Å². The maximum Gasteiger partial charge on any atom is 0.306 e. The third kappa shape index (κ3) is 2.85. The zero-order chi connectivity index (χ0) is 13.1. The summed E-state index contributed by atoms with van der Waals surface area (Å²) in [5.74, 6) is -0.976. The number of carbonyl (C=O) groups is 3. The average Bonchev–Trinajstić information content (AvgIpc) is 2.34. The van der Waals surface area contributed by atoms with Crippen molar-refractivity contribution in [3.05, 3.63) is 0 Å². The predicted octanol–water partition coefficient (Wildman–Crippen LogP) is 0.979. The van der Waals surface area contributed by atoms with Crippen LogP contribution in [0.25, 0.3) is 0 Å². The van der Waals surface area contributed by atoms with Crippen LogP contribution in [0.5, 0.6) is 0 Å². The highest BCUT2D eigenvalue weighted by atomic mass is 32.2. The number of amides is 2. The van der Waals surface area contributed by atoms with Crippen molar-refractivity contribution in [2.45, 2.75) is 25.7 Å². The molecule has 0 spiro atoms. The highest BCUT2D eigenvalue weighted by Gasteiger charge is 2.35. The van der Waals surface area contributed by atoms with Gasteiger partial charge < -0.3 is 5.11 Å². The van der Waals surface area contributed by atoms with Gasteiger partial charge in [-0.1, -0.05) is 12.8 Å². The molecule has 6 heteroatoms. The van der Waals surface area contributed by atoms with Crippen LogP contribution < -0.4 is 0 Å². The first kappa shape index (κ1) is 13.4. The minimum absolute atomic E-state index is 0.0766. The molecule has 1 N–H and O–H groups in total. The van der Waals surface area contributed by atoms with E-state index in [4.69, 9.17) is 0 Å². The van der Waals surface area contributed by atoms with Crippen LogP contribution in [0.2, 0.25) is 0 Å². The van der Waals surface area contributed by atoms with Gasteiger partial charge in [0.15, 0.2) is 0 Å². The summed E-state index contributed by atoms with van der Waals surface area (Å²) in [5, 5.41) is 9.18. The van der Waals surface area contributed by atoms with E-state index in [1.54, 1.807) is 0 Å². The number of hydrogen-bond donors (Lipinski definition) is 1. The van der Waals surface area contributed by atoms with Crippen LogP contribution >= 0.6 is 11.8 Å². The van der Waals surface area contributed by atoms with Crippen molar-refractivity contribution >= 4 is 29.5 Å². The fourth-order valence-electron chi connectivity index (χ4n) is 2.71. The largest absolute Gasteiger partial charge is 0.481 e. The van der Waals surface area contributed by atoms with Gasteiger partial charge in [-0.2, -0.15) is 0 Å². The third-order valence-corrected chi connectivity index (χ3v) is 4.60. The van der Waals surface area contributed by atoms with Crippen LogP contribution in [0.3, 0.4) is 0 Å². The van der Waals surface area contributed by atoms with Crippen molar-refractivity contribution in [2.75, 3.05) is 18.1 Å². The molecule has 1 aliphatic heterocycles. The molecule has 1 saturated heterocycles. The Bertz CT molecular complexity index is 355. The lowest BCUT2D eigenvalue weighted by Crippen LogP contribution is -2.47. The number of aliphatic carboxylic acids is 1. The van der Waals surface area contributed by atoms with Crippen molar-refractivity contribution in [1.82, 2.24) is 4.90 Å². The molecule has 0 aromatic heterocycles. The van der Waals surface area contributed by atoms with E-state index in [2.05, 4.69) is 0 Å². The molecule has 2 aliphatic rings. The van der Waals surface area contributed by atoms with E-state index in [1.807, 2.05) is 0 Å². The Labute approximate surface area is 110 Å². The van der Waals surface area contributed by atoms with Gasteiger partial charge in [-0.25, -0.2) is 0 Å². The summed E-state index contributed by atoms with van der Waals surface area (Å²) >= 11 is 1.33. The molecule has 2 rings (SSSR count). The molecule has 2 atom stereocenters. The molecule has 100 valence electrons. The Morgan fingerprint density at radius 2 is 1.83 bits per heavy atom. The van der Waals surface area contributed by atoms with Gasteiger partial charge in [-0.3, -0.25) is 19.3 Å². The van der Waals surface area contributed by atoms with Gasteiger partial charge in [-0.15, -0.1) is 11.8 Å². The maximum atomic E-state index is 11.7. The molecule has 2 fully saturated rings. The lowest BCUT2D eigenvalue weighted by Gasteiger charge is -2.34. The monoisotopic (exact) mass is 271 g/mol. The molecule has 0 aromatic rings.